The molecule has 0 spiro atoms. The van der Waals surface area contributed by atoms with Crippen LogP contribution in [0.5, 0.6) is 0 Å². The van der Waals surface area contributed by atoms with Gasteiger partial charge in [-0.05, 0) is 42.5 Å². The van der Waals surface area contributed by atoms with Crippen LogP contribution in [0.15, 0.2) is 52.6 Å². The first-order valence-corrected chi connectivity index (χ1v) is 9.38. The third-order valence-corrected chi connectivity index (χ3v) is 5.40. The van der Waals surface area contributed by atoms with Gasteiger partial charge in [0, 0.05) is 18.3 Å². The molecule has 1 N–H and O–H groups in total. The molecule has 6 nitrogen and oxygen atoms in total. The molecule has 2 aromatic rings. The first-order valence-electron chi connectivity index (χ1n) is 7.61. The Balaban J connectivity index is 1.99. The Bertz CT molecular complexity index is 1150. The van der Waals surface area contributed by atoms with Crippen molar-refractivity contribution in [3.8, 4) is 0 Å². The van der Waals surface area contributed by atoms with Crippen LogP contribution in [0.25, 0.3) is 0 Å². The lowest BCUT2D eigenvalue weighted by atomic mass is 10.1. The van der Waals surface area contributed by atoms with Gasteiger partial charge in [-0.25, -0.2) is 17.5 Å². The molecule has 11 heteroatoms. The summed E-state index contributed by atoms with van der Waals surface area (Å²) in [4.78, 5) is 12.5. The fourth-order valence-electron chi connectivity index (χ4n) is 2.33. The van der Waals surface area contributed by atoms with Crippen molar-refractivity contribution in [1.82, 2.24) is 4.31 Å². The highest BCUT2D eigenvalue weighted by atomic mass is 35.5. The van der Waals surface area contributed by atoms with E-state index in [1.165, 1.54) is 6.07 Å². The van der Waals surface area contributed by atoms with Gasteiger partial charge < -0.3 is 5.32 Å². The number of allylic oxidation sites excluding steroid dienone is 1. The van der Waals surface area contributed by atoms with Gasteiger partial charge in [0.05, 0.1) is 10.7 Å². The Kier molecular flexibility index (Phi) is 5.18. The standard InChI is InChI=1S/C17H11ClF3N3O3S/c1-24-16(17(25)22-10-3-5-12(19)11(18)7-10)8-15(23-28(24,26)27)9-2-4-13(20)14(21)6-9/h2-8H,1H3,(H,22,25). The summed E-state index contributed by atoms with van der Waals surface area (Å²) in [6.07, 6.45) is 1.11. The van der Waals surface area contributed by atoms with Crippen LogP contribution in [0.4, 0.5) is 18.9 Å². The highest BCUT2D eigenvalue weighted by Gasteiger charge is 2.30. The van der Waals surface area contributed by atoms with E-state index in [2.05, 4.69) is 9.71 Å². The molecule has 146 valence electrons. The highest BCUT2D eigenvalue weighted by molar-refractivity contribution is 7.88. The summed E-state index contributed by atoms with van der Waals surface area (Å²) in [6, 6.07) is 6.12. The molecule has 0 saturated heterocycles. The number of rotatable bonds is 3. The SMILES string of the molecule is CN1C(C(=O)Nc2ccc(F)c(Cl)c2)=CC(c2ccc(F)c(F)c2)=NS1(=O)=O. The summed E-state index contributed by atoms with van der Waals surface area (Å²) in [6.45, 7) is 0. The number of anilines is 1. The molecule has 0 radical (unpaired) electrons. The molecule has 0 unspecified atom stereocenters. The zero-order valence-corrected chi connectivity index (χ0v) is 15.7. The van der Waals surface area contributed by atoms with Gasteiger partial charge in [0.15, 0.2) is 11.6 Å². The van der Waals surface area contributed by atoms with Crippen LogP contribution in [0, 0.1) is 17.5 Å². The number of carbonyl (C=O) groups is 1. The van der Waals surface area contributed by atoms with Gasteiger partial charge in [0.2, 0.25) is 0 Å². The Morgan fingerprint density at radius 3 is 2.39 bits per heavy atom. The van der Waals surface area contributed by atoms with Crippen LogP contribution in [0.3, 0.4) is 0 Å². The molecular weight excluding hydrogens is 419 g/mol. The van der Waals surface area contributed by atoms with Crippen LogP contribution in [0.1, 0.15) is 5.56 Å². The van der Waals surface area contributed by atoms with Crippen LogP contribution in [-0.4, -0.2) is 31.4 Å². The molecule has 0 saturated carbocycles. The Morgan fingerprint density at radius 2 is 1.75 bits per heavy atom. The zero-order valence-electron chi connectivity index (χ0n) is 14.1. The van der Waals surface area contributed by atoms with Crippen molar-refractivity contribution < 1.29 is 26.4 Å². The van der Waals surface area contributed by atoms with Crippen molar-refractivity contribution in [1.29, 1.82) is 0 Å². The first kappa shape index (κ1) is 19.9. The minimum atomic E-state index is -4.29. The maximum absolute atomic E-state index is 13.5. The summed E-state index contributed by atoms with van der Waals surface area (Å²) in [5.74, 6) is -3.86. The van der Waals surface area contributed by atoms with Crippen molar-refractivity contribution in [3.63, 3.8) is 0 Å². The number of hydrogen-bond acceptors (Lipinski definition) is 3. The second-order valence-corrected chi connectivity index (χ2v) is 7.70. The van der Waals surface area contributed by atoms with Gasteiger partial charge in [0.25, 0.3) is 5.91 Å². The van der Waals surface area contributed by atoms with Gasteiger partial charge in [-0.3, -0.25) is 4.79 Å². The quantitative estimate of drug-likeness (QED) is 0.813. The molecule has 0 atom stereocenters. The first-order chi connectivity index (χ1) is 13.1. The van der Waals surface area contributed by atoms with Gasteiger partial charge in [0.1, 0.15) is 11.5 Å². The van der Waals surface area contributed by atoms with E-state index in [1.807, 2.05) is 0 Å². The lowest BCUT2D eigenvalue weighted by molar-refractivity contribution is -0.113. The Morgan fingerprint density at radius 1 is 1.07 bits per heavy atom. The van der Waals surface area contributed by atoms with E-state index in [0.717, 1.165) is 43.5 Å². The van der Waals surface area contributed by atoms with Crippen molar-refractivity contribution in [2.75, 3.05) is 12.4 Å². The number of carbonyl (C=O) groups excluding carboxylic acids is 1. The molecule has 1 heterocycles. The minimum absolute atomic E-state index is 0.0364. The number of amides is 1. The molecule has 2 aromatic carbocycles. The monoisotopic (exact) mass is 429 g/mol. The molecule has 1 amide bonds. The summed E-state index contributed by atoms with van der Waals surface area (Å²) in [5.41, 5.74) is -0.500. The van der Waals surface area contributed by atoms with Crippen molar-refractivity contribution in [3.05, 3.63) is 76.2 Å². The zero-order chi connectivity index (χ0) is 20.6. The van der Waals surface area contributed by atoms with E-state index in [4.69, 9.17) is 11.6 Å². The van der Waals surface area contributed by atoms with E-state index < -0.39 is 33.6 Å². The fraction of sp³-hybridized carbons (Fsp3) is 0.0588. The molecule has 1 aliphatic rings. The van der Waals surface area contributed by atoms with Crippen LogP contribution in [0.2, 0.25) is 5.02 Å². The van der Waals surface area contributed by atoms with E-state index in [-0.39, 0.29) is 27.7 Å². The predicted octanol–water partition coefficient (Wildman–Crippen LogP) is 3.26. The number of nitrogens with one attached hydrogen (secondary N) is 1. The predicted molar refractivity (Wildman–Crippen MR) is 97.7 cm³/mol. The van der Waals surface area contributed by atoms with E-state index in [0.29, 0.717) is 4.31 Å². The molecule has 0 aliphatic carbocycles. The molecule has 1 aliphatic heterocycles. The van der Waals surface area contributed by atoms with E-state index in [1.54, 1.807) is 0 Å². The maximum Gasteiger partial charge on any atom is 0.345 e. The maximum atomic E-state index is 13.5. The second kappa shape index (κ2) is 7.28. The summed E-state index contributed by atoms with van der Waals surface area (Å²) < 4.78 is 68.5. The van der Waals surface area contributed by atoms with Crippen molar-refractivity contribution >= 4 is 39.1 Å². The number of hydrogen-bond donors (Lipinski definition) is 1. The van der Waals surface area contributed by atoms with Crippen molar-refractivity contribution in [2.45, 2.75) is 0 Å². The Hall–Kier alpha value is -2.85. The summed E-state index contributed by atoms with van der Waals surface area (Å²) in [5, 5.41) is 2.15. The fourth-order valence-corrected chi connectivity index (χ4v) is 3.42. The van der Waals surface area contributed by atoms with E-state index >= 15 is 0 Å². The summed E-state index contributed by atoms with van der Waals surface area (Å²) in [7, 11) is -3.19. The minimum Gasteiger partial charge on any atom is -0.321 e. The number of halogens is 4. The van der Waals surface area contributed by atoms with Gasteiger partial charge >= 0.3 is 10.2 Å². The average Bonchev–Trinajstić information content (AvgIpc) is 2.62. The Labute approximate surface area is 163 Å². The largest absolute Gasteiger partial charge is 0.345 e. The third kappa shape index (κ3) is 3.87. The van der Waals surface area contributed by atoms with Crippen molar-refractivity contribution in [2.24, 2.45) is 4.40 Å². The summed E-state index contributed by atoms with van der Waals surface area (Å²) >= 11 is 5.66. The van der Waals surface area contributed by atoms with Gasteiger partial charge in [-0.2, -0.15) is 8.42 Å². The number of nitrogens with zero attached hydrogens (tertiary/aromatic N) is 2. The molecule has 0 aromatic heterocycles. The highest BCUT2D eigenvalue weighted by Crippen LogP contribution is 2.23. The van der Waals surface area contributed by atoms with E-state index in [9.17, 15) is 26.4 Å². The lowest BCUT2D eigenvalue weighted by Crippen LogP contribution is -2.35. The normalized spacial score (nSPS) is 15.7. The van der Waals surface area contributed by atoms with Crippen LogP contribution in [-0.2, 0) is 15.0 Å². The van der Waals surface area contributed by atoms with Gasteiger partial charge in [-0.15, -0.1) is 4.40 Å². The average molecular weight is 430 g/mol. The molecule has 0 bridgehead atoms. The lowest BCUT2D eigenvalue weighted by Gasteiger charge is -2.23. The molecule has 3 rings (SSSR count). The molecule has 28 heavy (non-hydrogen) atoms. The third-order valence-electron chi connectivity index (χ3n) is 3.80. The second-order valence-electron chi connectivity index (χ2n) is 5.66. The van der Waals surface area contributed by atoms with Crippen LogP contribution < -0.4 is 5.32 Å². The molecule has 0 fully saturated rings. The number of benzene rings is 2. The topological polar surface area (TPSA) is 78.8 Å². The molecular formula is C17H11ClF3N3O3S. The van der Waals surface area contributed by atoms with Crippen LogP contribution >= 0.6 is 11.6 Å². The smallest absolute Gasteiger partial charge is 0.321 e. The van der Waals surface area contributed by atoms with Gasteiger partial charge in [-0.1, -0.05) is 11.6 Å². The number of likely N-dealkylation sites (N-methyl/N-ethyl adjacent to an activating group) is 1.